The molecule has 1 aliphatic heterocycles. The first-order valence-corrected chi connectivity index (χ1v) is 10.2. The molecule has 0 spiro atoms. The van der Waals surface area contributed by atoms with Crippen LogP contribution in [0.2, 0.25) is 0 Å². The van der Waals surface area contributed by atoms with Gasteiger partial charge in [0.25, 0.3) is 5.91 Å². The summed E-state index contributed by atoms with van der Waals surface area (Å²) in [6, 6.07) is 23.9. The van der Waals surface area contributed by atoms with Gasteiger partial charge in [0.2, 0.25) is 6.17 Å². The van der Waals surface area contributed by atoms with E-state index in [1.165, 1.54) is 4.90 Å². The SMILES string of the molecule is CN1C(=O)[C@H](NC(=O)Nc2ccccc2Br)N=C(c2ccccc2)c2ccccc21. The Morgan fingerprint density at radius 3 is 2.40 bits per heavy atom. The van der Waals surface area contributed by atoms with E-state index in [2.05, 4.69) is 31.6 Å². The van der Waals surface area contributed by atoms with E-state index in [0.29, 0.717) is 11.4 Å². The van der Waals surface area contributed by atoms with Crippen molar-refractivity contribution >= 4 is 45.0 Å². The smallest absolute Gasteiger partial charge is 0.311 e. The summed E-state index contributed by atoms with van der Waals surface area (Å²) < 4.78 is 0.741. The van der Waals surface area contributed by atoms with E-state index in [-0.39, 0.29) is 5.91 Å². The lowest BCUT2D eigenvalue weighted by molar-refractivity contribution is -0.119. The topological polar surface area (TPSA) is 73.8 Å². The van der Waals surface area contributed by atoms with Crippen molar-refractivity contribution in [1.29, 1.82) is 0 Å². The number of benzodiazepines with no additional fused rings is 1. The zero-order valence-electron chi connectivity index (χ0n) is 16.2. The summed E-state index contributed by atoms with van der Waals surface area (Å²) in [5.41, 5.74) is 3.68. The number of rotatable bonds is 3. The molecule has 7 heteroatoms. The van der Waals surface area contributed by atoms with Crippen LogP contribution in [0.1, 0.15) is 11.1 Å². The van der Waals surface area contributed by atoms with Crippen molar-refractivity contribution in [3.63, 3.8) is 0 Å². The van der Waals surface area contributed by atoms with Gasteiger partial charge in [-0.25, -0.2) is 9.79 Å². The molecule has 1 atom stereocenters. The maximum Gasteiger partial charge on any atom is 0.321 e. The Hall–Kier alpha value is -3.45. The third kappa shape index (κ3) is 3.97. The number of halogens is 1. The highest BCUT2D eigenvalue weighted by molar-refractivity contribution is 9.10. The maximum atomic E-state index is 13.1. The van der Waals surface area contributed by atoms with Crippen LogP contribution in [0.25, 0.3) is 0 Å². The molecule has 150 valence electrons. The van der Waals surface area contributed by atoms with Gasteiger partial charge >= 0.3 is 6.03 Å². The molecule has 1 heterocycles. The van der Waals surface area contributed by atoms with Crippen molar-refractivity contribution in [2.45, 2.75) is 6.17 Å². The molecule has 0 fully saturated rings. The van der Waals surface area contributed by atoms with Gasteiger partial charge in [-0.2, -0.15) is 0 Å². The lowest BCUT2D eigenvalue weighted by atomic mass is 10.0. The fourth-order valence-corrected chi connectivity index (χ4v) is 3.67. The van der Waals surface area contributed by atoms with E-state index in [0.717, 1.165) is 21.3 Å². The standard InChI is InChI=1S/C23H19BrN4O2/c1-28-19-14-8-5-11-16(19)20(15-9-3-2-4-10-15)26-21(22(28)29)27-23(30)25-18-13-7-6-12-17(18)24/h2-14,21H,1H3,(H2,25,27,30)/t21-/m0/s1. The highest BCUT2D eigenvalue weighted by Gasteiger charge is 2.30. The van der Waals surface area contributed by atoms with Crippen molar-refractivity contribution in [2.24, 2.45) is 4.99 Å². The Labute approximate surface area is 182 Å². The summed E-state index contributed by atoms with van der Waals surface area (Å²) in [4.78, 5) is 31.9. The van der Waals surface area contributed by atoms with Gasteiger partial charge in [0.15, 0.2) is 0 Å². The third-order valence-electron chi connectivity index (χ3n) is 4.78. The number of likely N-dealkylation sites (N-methyl/N-ethyl adjacent to an activating group) is 1. The van der Waals surface area contributed by atoms with E-state index < -0.39 is 12.2 Å². The minimum atomic E-state index is -1.07. The number of hydrogen-bond acceptors (Lipinski definition) is 3. The van der Waals surface area contributed by atoms with Gasteiger partial charge in [-0.3, -0.25) is 4.79 Å². The van der Waals surface area contributed by atoms with Crippen LogP contribution in [-0.2, 0) is 4.79 Å². The predicted molar refractivity (Wildman–Crippen MR) is 122 cm³/mol. The number of urea groups is 1. The first-order valence-electron chi connectivity index (χ1n) is 9.37. The van der Waals surface area contributed by atoms with Crippen molar-refractivity contribution in [1.82, 2.24) is 5.32 Å². The fraction of sp³-hybridized carbons (Fsp3) is 0.0870. The Morgan fingerprint density at radius 2 is 1.63 bits per heavy atom. The zero-order chi connectivity index (χ0) is 21.1. The molecule has 0 saturated carbocycles. The van der Waals surface area contributed by atoms with E-state index in [4.69, 9.17) is 0 Å². The molecule has 2 N–H and O–H groups in total. The average Bonchev–Trinajstić information content (AvgIpc) is 2.87. The molecule has 0 aliphatic carbocycles. The van der Waals surface area contributed by atoms with Gasteiger partial charge in [0.1, 0.15) is 0 Å². The molecule has 3 aromatic carbocycles. The van der Waals surface area contributed by atoms with E-state index in [1.54, 1.807) is 13.1 Å². The van der Waals surface area contributed by atoms with Crippen LogP contribution in [-0.4, -0.2) is 30.9 Å². The number of fused-ring (bicyclic) bond motifs is 1. The Balaban J connectivity index is 1.70. The summed E-state index contributed by atoms with van der Waals surface area (Å²) >= 11 is 3.40. The zero-order valence-corrected chi connectivity index (χ0v) is 17.8. The number of aliphatic imine (C=N–C) groups is 1. The second kappa shape index (κ2) is 8.51. The number of amides is 3. The third-order valence-corrected chi connectivity index (χ3v) is 5.47. The van der Waals surface area contributed by atoms with Gasteiger partial charge < -0.3 is 15.5 Å². The van der Waals surface area contributed by atoms with Crippen molar-refractivity contribution in [3.8, 4) is 0 Å². The molecule has 0 saturated heterocycles. The number of benzene rings is 3. The number of carbonyl (C=O) groups excluding carboxylic acids is 2. The summed E-state index contributed by atoms with van der Waals surface area (Å²) in [6.45, 7) is 0. The lowest BCUT2D eigenvalue weighted by Crippen LogP contribution is -2.47. The number of anilines is 2. The van der Waals surface area contributed by atoms with Crippen LogP contribution in [0.15, 0.2) is 88.3 Å². The Morgan fingerprint density at radius 1 is 0.967 bits per heavy atom. The van der Waals surface area contributed by atoms with E-state index >= 15 is 0 Å². The average molecular weight is 463 g/mol. The van der Waals surface area contributed by atoms with E-state index in [1.807, 2.05) is 72.8 Å². The number of nitrogens with one attached hydrogen (secondary N) is 2. The van der Waals surface area contributed by atoms with Gasteiger partial charge in [-0.15, -0.1) is 0 Å². The lowest BCUT2D eigenvalue weighted by Gasteiger charge is -2.21. The molecular formula is C23H19BrN4O2. The number of nitrogens with zero attached hydrogens (tertiary/aromatic N) is 2. The second-order valence-electron chi connectivity index (χ2n) is 6.74. The second-order valence-corrected chi connectivity index (χ2v) is 7.59. The molecular weight excluding hydrogens is 444 g/mol. The van der Waals surface area contributed by atoms with Crippen LogP contribution < -0.4 is 15.5 Å². The first kappa shape index (κ1) is 19.8. The predicted octanol–water partition coefficient (Wildman–Crippen LogP) is 4.41. The summed E-state index contributed by atoms with van der Waals surface area (Å²) in [7, 11) is 1.69. The maximum absolute atomic E-state index is 13.1. The number of hydrogen-bond donors (Lipinski definition) is 2. The van der Waals surface area contributed by atoms with Crippen LogP contribution in [0.4, 0.5) is 16.2 Å². The van der Waals surface area contributed by atoms with Crippen LogP contribution >= 0.6 is 15.9 Å². The quantitative estimate of drug-likeness (QED) is 0.604. The molecule has 30 heavy (non-hydrogen) atoms. The van der Waals surface area contributed by atoms with Gasteiger partial charge in [-0.05, 0) is 34.1 Å². The largest absolute Gasteiger partial charge is 0.321 e. The normalized spacial score (nSPS) is 15.7. The highest BCUT2D eigenvalue weighted by atomic mass is 79.9. The summed E-state index contributed by atoms with van der Waals surface area (Å²) in [6.07, 6.45) is -1.07. The molecule has 3 amide bonds. The Bertz CT molecular complexity index is 1130. The summed E-state index contributed by atoms with van der Waals surface area (Å²) in [5, 5.41) is 5.45. The molecule has 4 rings (SSSR count). The molecule has 3 aromatic rings. The number of carbonyl (C=O) groups is 2. The van der Waals surface area contributed by atoms with Gasteiger partial charge in [0, 0.05) is 22.6 Å². The molecule has 0 bridgehead atoms. The monoisotopic (exact) mass is 462 g/mol. The van der Waals surface area contributed by atoms with E-state index in [9.17, 15) is 9.59 Å². The van der Waals surface area contributed by atoms with Crippen LogP contribution in [0, 0.1) is 0 Å². The van der Waals surface area contributed by atoms with Gasteiger partial charge in [-0.1, -0.05) is 60.7 Å². The Kier molecular flexibility index (Phi) is 5.63. The fourth-order valence-electron chi connectivity index (χ4n) is 3.29. The number of para-hydroxylation sites is 2. The molecule has 1 aliphatic rings. The molecule has 6 nitrogen and oxygen atoms in total. The van der Waals surface area contributed by atoms with Crippen molar-refractivity contribution in [3.05, 3.63) is 94.5 Å². The molecule has 0 radical (unpaired) electrons. The molecule has 0 unspecified atom stereocenters. The molecule has 0 aromatic heterocycles. The first-order chi connectivity index (χ1) is 14.5. The minimum absolute atomic E-state index is 0.323. The van der Waals surface area contributed by atoms with Crippen LogP contribution in [0.3, 0.4) is 0 Å². The highest BCUT2D eigenvalue weighted by Crippen LogP contribution is 2.27. The minimum Gasteiger partial charge on any atom is -0.311 e. The van der Waals surface area contributed by atoms with Gasteiger partial charge in [0.05, 0.1) is 17.1 Å². The van der Waals surface area contributed by atoms with Crippen molar-refractivity contribution < 1.29 is 9.59 Å². The summed E-state index contributed by atoms with van der Waals surface area (Å²) in [5.74, 6) is -0.323. The van der Waals surface area contributed by atoms with Crippen molar-refractivity contribution in [2.75, 3.05) is 17.3 Å². The van der Waals surface area contributed by atoms with Crippen LogP contribution in [0.5, 0.6) is 0 Å².